The van der Waals surface area contributed by atoms with Gasteiger partial charge in [0.1, 0.15) is 48.3 Å². The Hall–Kier alpha value is -5.37. The zero-order valence-electron chi connectivity index (χ0n) is 61.5. The fourth-order valence-electron chi connectivity index (χ4n) is 13.9. The minimum Gasteiger partial charge on any atom is -0.540 e. The maximum Gasteiger partial charge on any atom is 1.00 e. The van der Waals surface area contributed by atoms with Crippen molar-refractivity contribution in [2.45, 2.75) is 258 Å². The van der Waals surface area contributed by atoms with Gasteiger partial charge in [-0.25, -0.2) is 6.29 Å². The predicted octanol–water partition coefficient (Wildman–Crippen LogP) is 0.593. The first-order valence-electron chi connectivity index (χ1n) is 35.3. The summed E-state index contributed by atoms with van der Waals surface area (Å²) in [6, 6.07) is -9.93. The fourth-order valence-corrected chi connectivity index (χ4v) is 13.9. The van der Waals surface area contributed by atoms with Crippen LogP contribution in [0.5, 0.6) is 0 Å². The number of fused-ring (bicyclic) bond motifs is 1. The van der Waals surface area contributed by atoms with Crippen LogP contribution in [0.25, 0.3) is 0 Å². The zero-order valence-corrected chi connectivity index (χ0v) is 63.5. The fraction of sp³-hybridized carbons (Fsp3) is 0.814. The van der Waals surface area contributed by atoms with Gasteiger partial charge in [-0.05, 0) is 139 Å². The van der Waals surface area contributed by atoms with Gasteiger partial charge in [-0.15, -0.1) is 0 Å². The summed E-state index contributed by atoms with van der Waals surface area (Å²) in [4.78, 5) is 178. The standard InChI is InChI=1S/C70H120N12O13.Na/c1-42(2)34-53(72-64(89)56(35-43(3)4)79(15)66(91)47(10)78(14)70(95)62(45(7)8)75-59(85)30-31-60(86)82-32-24-19-25-33-82)67(92)80(16)57(37-49-26-20-18-21-27-49)65(90)73-54(38-50-39-71-52-29-23-22-28-51(50)52)68(93)81(17)58(36-44(5)6)69(94)76(12)40-61(87)77(13)46(9)63(88)74-55(41-83)48(11)84;/h31,42-58,62,71,84H,18-30,32-40H2,1-17H3,(H,72,89)(H,73,90)(H,74,88)(H,75,85);/q-2;+1/t46-,47-,48+,50?,51?,52?,53-,54-,55+,56-,57-,58-,62+;/m0./s1. The van der Waals surface area contributed by atoms with Gasteiger partial charge in [0.25, 0.3) is 0 Å². The van der Waals surface area contributed by atoms with Gasteiger partial charge in [0.2, 0.25) is 53.2 Å². The molecule has 4 aliphatic rings. The Balaban J connectivity index is 0.0000240. The van der Waals surface area contributed by atoms with E-state index in [1.807, 2.05) is 41.5 Å². The van der Waals surface area contributed by atoms with Crippen LogP contribution < -0.4 is 56.1 Å². The molecule has 0 aromatic carbocycles. The molecule has 2 aliphatic heterocycles. The van der Waals surface area contributed by atoms with Crippen molar-refractivity contribution in [3.8, 4) is 0 Å². The minimum absolute atomic E-state index is 0. The maximum atomic E-state index is 15.5. The van der Waals surface area contributed by atoms with Gasteiger partial charge in [-0.1, -0.05) is 107 Å². The molecule has 540 valence electrons. The van der Waals surface area contributed by atoms with Crippen LogP contribution >= 0.6 is 0 Å². The number of hydrogen-bond acceptors (Lipinski definition) is 14. The van der Waals surface area contributed by atoms with Gasteiger partial charge < -0.3 is 75.6 Å². The molecular formula is C70H120N12NaO13-. The number of nitrogens with one attached hydrogen (secondary N) is 5. The second-order valence-corrected chi connectivity index (χ2v) is 29.5. The average molecular weight is 1360 g/mol. The summed E-state index contributed by atoms with van der Waals surface area (Å²) < 4.78 is 0. The van der Waals surface area contributed by atoms with Crippen molar-refractivity contribution in [3.05, 3.63) is 6.42 Å². The summed E-state index contributed by atoms with van der Waals surface area (Å²) in [6.45, 7) is 20.7. The zero-order chi connectivity index (χ0) is 71.3. The molecule has 3 unspecified atom stereocenters. The third-order valence-corrected chi connectivity index (χ3v) is 20.2. The number of aliphatic hydroxyl groups is 1. The van der Waals surface area contributed by atoms with Gasteiger partial charge >= 0.3 is 29.6 Å². The topological polar surface area (TPSA) is 308 Å². The number of hydrogen-bond donors (Lipinski definition) is 6. The van der Waals surface area contributed by atoms with Gasteiger partial charge in [-0.3, -0.25) is 54.4 Å². The molecule has 0 aromatic heterocycles. The normalized spacial score (nSPS) is 20.4. The smallest absolute Gasteiger partial charge is 0.540 e. The summed E-state index contributed by atoms with van der Waals surface area (Å²) >= 11 is 0. The number of carbonyl (C=O) groups excluding carboxylic acids is 12. The summed E-state index contributed by atoms with van der Waals surface area (Å²) in [5.41, 5.74) is 0. The number of rotatable bonds is 35. The predicted molar refractivity (Wildman–Crippen MR) is 362 cm³/mol. The summed E-state index contributed by atoms with van der Waals surface area (Å²) in [6.07, 6.45) is 13.9. The number of amides is 11. The molecule has 2 saturated heterocycles. The van der Waals surface area contributed by atoms with Crippen molar-refractivity contribution in [2.24, 2.45) is 41.4 Å². The first kappa shape index (κ1) is 84.9. The van der Waals surface area contributed by atoms with Gasteiger partial charge in [0.05, 0.1) is 12.5 Å². The van der Waals surface area contributed by atoms with E-state index >= 15 is 14.4 Å². The minimum atomic E-state index is -1.32. The van der Waals surface area contributed by atoms with Crippen molar-refractivity contribution >= 4 is 71.3 Å². The summed E-state index contributed by atoms with van der Waals surface area (Å²) in [5.74, 6) is -6.44. The van der Waals surface area contributed by atoms with Crippen molar-refractivity contribution in [1.82, 2.24) is 60.9 Å². The van der Waals surface area contributed by atoms with Crippen LogP contribution in [-0.2, 0) is 57.5 Å². The molecule has 11 amide bonds. The van der Waals surface area contributed by atoms with Gasteiger partial charge in [0, 0.05) is 67.5 Å². The van der Waals surface area contributed by atoms with Crippen molar-refractivity contribution in [3.63, 3.8) is 0 Å². The van der Waals surface area contributed by atoms with E-state index in [1.54, 1.807) is 39.0 Å². The number of carbonyl (C=O) groups is 11. The molecule has 6 N–H and O–H groups in total. The van der Waals surface area contributed by atoms with Crippen molar-refractivity contribution in [2.75, 3.05) is 68.5 Å². The Morgan fingerprint density at radius 1 is 0.542 bits per heavy atom. The largest absolute Gasteiger partial charge is 1.00 e. The molecule has 4 rings (SSSR count). The van der Waals surface area contributed by atoms with E-state index in [2.05, 4.69) is 26.6 Å². The second kappa shape index (κ2) is 40.6. The van der Waals surface area contributed by atoms with Gasteiger partial charge in [-0.2, -0.15) is 0 Å². The number of nitrogens with zero attached hydrogens (tertiary/aromatic N) is 7. The number of likely N-dealkylation sites (tertiary alicyclic amines) is 1. The summed E-state index contributed by atoms with van der Waals surface area (Å²) in [7, 11) is 8.84. The van der Waals surface area contributed by atoms with Crippen LogP contribution in [0, 0.1) is 47.8 Å². The molecule has 2 aliphatic carbocycles. The van der Waals surface area contributed by atoms with Crippen LogP contribution in [0.1, 0.15) is 192 Å². The summed E-state index contributed by atoms with van der Waals surface area (Å²) in [5, 5.41) is 24.9. The van der Waals surface area contributed by atoms with Crippen LogP contribution in [0.15, 0.2) is 0 Å². The van der Waals surface area contributed by atoms with E-state index in [-0.39, 0.29) is 116 Å². The molecule has 26 heteroatoms. The van der Waals surface area contributed by atoms with Crippen LogP contribution in [-0.4, -0.2) is 246 Å². The Bertz CT molecular complexity index is 2600. The number of piperidine rings is 1. The molecule has 0 aromatic rings. The van der Waals surface area contributed by atoms with E-state index in [0.717, 1.165) is 81.9 Å². The monoisotopic (exact) mass is 1360 g/mol. The quantitative estimate of drug-likeness (QED) is 0.0374. The van der Waals surface area contributed by atoms with E-state index in [0.29, 0.717) is 19.6 Å². The number of aliphatic hydroxyl groups excluding tert-OH is 1. The Labute approximate surface area is 595 Å². The molecule has 0 spiro atoms. The molecule has 0 radical (unpaired) electrons. The molecular weight excluding hydrogens is 1240 g/mol. The molecule has 2 heterocycles. The van der Waals surface area contributed by atoms with Crippen LogP contribution in [0.3, 0.4) is 0 Å². The van der Waals surface area contributed by atoms with Crippen LogP contribution in [0.4, 0.5) is 0 Å². The Morgan fingerprint density at radius 3 is 1.64 bits per heavy atom. The molecule has 25 nitrogen and oxygen atoms in total. The Kier molecular flexibility index (Phi) is 35.9. The van der Waals surface area contributed by atoms with E-state index < -0.39 is 132 Å². The van der Waals surface area contributed by atoms with E-state index in [4.69, 9.17) is 0 Å². The second-order valence-electron chi connectivity index (χ2n) is 29.5. The van der Waals surface area contributed by atoms with E-state index in [1.165, 1.54) is 80.0 Å². The SMILES string of the molecule is CC(C)C[C@H](NC(=O)[C@H](CC(C)C)N(C)C(=O)[C@H](C)N(C)C(=O)[C@H](NC(=O)C[CH-]C(=O)N1CCCCC1)C(C)C)C(=O)N(C)[C@@H](CC1CCCCC1)C(=O)N[C@@H](CC1CNC2CCCCC12)C(=O)N(C)[C@@H](CC(C)C)C(=O)N(C)CC(=O)N(C)[C@@H](C)C(=O)N[C@H]([C-]=O)[C@@H](C)O.[Na+]. The van der Waals surface area contributed by atoms with Crippen molar-refractivity contribution in [1.29, 1.82) is 0 Å². The first-order valence-corrected chi connectivity index (χ1v) is 35.3. The molecule has 96 heavy (non-hydrogen) atoms. The van der Waals surface area contributed by atoms with E-state index in [9.17, 15) is 48.3 Å². The third-order valence-electron chi connectivity index (χ3n) is 20.2. The van der Waals surface area contributed by atoms with Crippen molar-refractivity contribution < 1.29 is 92.2 Å². The first-order chi connectivity index (χ1) is 44.6. The third kappa shape index (κ3) is 24.8. The number of likely N-dealkylation sites (N-methyl/N-ethyl adjacent to an activating group) is 6. The molecule has 13 atom stereocenters. The van der Waals surface area contributed by atoms with Gasteiger partial charge in [0.15, 0.2) is 5.91 Å². The maximum absolute atomic E-state index is 15.5. The molecule has 0 bridgehead atoms. The Morgan fingerprint density at radius 2 is 1.06 bits per heavy atom. The molecule has 2 saturated carbocycles. The molecule has 4 fully saturated rings. The average Bonchev–Trinajstić information content (AvgIpc) is 1.40. The van der Waals surface area contributed by atoms with Crippen LogP contribution in [0.2, 0.25) is 0 Å².